The van der Waals surface area contributed by atoms with Crippen molar-refractivity contribution in [3.05, 3.63) is 70.6 Å². The number of benzene rings is 2. The summed E-state index contributed by atoms with van der Waals surface area (Å²) in [5, 5.41) is 4.53. The van der Waals surface area contributed by atoms with Gasteiger partial charge in [-0.15, -0.1) is 0 Å². The lowest BCUT2D eigenvalue weighted by molar-refractivity contribution is -0.137. The maximum Gasteiger partial charge on any atom is 0.416 e. The number of aromatic nitrogens is 2. The van der Waals surface area contributed by atoms with Crippen LogP contribution in [0.4, 0.5) is 13.2 Å². The molecule has 0 aliphatic carbocycles. The zero-order valence-corrected chi connectivity index (χ0v) is 14.6. The van der Waals surface area contributed by atoms with Crippen molar-refractivity contribution in [3.8, 4) is 11.4 Å². The Bertz CT molecular complexity index is 942. The Morgan fingerprint density at radius 3 is 2.48 bits per heavy atom. The van der Waals surface area contributed by atoms with Crippen LogP contribution >= 0.6 is 11.6 Å². The van der Waals surface area contributed by atoms with Gasteiger partial charge < -0.3 is 4.52 Å². The van der Waals surface area contributed by atoms with Crippen molar-refractivity contribution >= 4 is 11.6 Å². The second-order valence-corrected chi connectivity index (χ2v) is 6.65. The molecule has 140 valence electrons. The summed E-state index contributed by atoms with van der Waals surface area (Å²) in [6.45, 7) is 0. The van der Waals surface area contributed by atoms with Gasteiger partial charge in [-0.2, -0.15) is 18.2 Å². The third-order valence-electron chi connectivity index (χ3n) is 4.36. The maximum atomic E-state index is 12.7. The van der Waals surface area contributed by atoms with E-state index in [1.165, 1.54) is 12.1 Å². The van der Waals surface area contributed by atoms with Gasteiger partial charge in [-0.25, -0.2) is 10.9 Å². The zero-order valence-electron chi connectivity index (χ0n) is 13.8. The first kappa shape index (κ1) is 18.0. The van der Waals surface area contributed by atoms with Crippen molar-refractivity contribution in [3.63, 3.8) is 0 Å². The van der Waals surface area contributed by atoms with Crippen LogP contribution in [0.5, 0.6) is 0 Å². The lowest BCUT2D eigenvalue weighted by atomic mass is 10.0. The Morgan fingerprint density at radius 1 is 1.04 bits per heavy atom. The number of nitrogens with zero attached hydrogens (tertiary/aromatic N) is 2. The van der Waals surface area contributed by atoms with E-state index in [0.717, 1.165) is 17.7 Å². The van der Waals surface area contributed by atoms with Gasteiger partial charge in [0.25, 0.3) is 0 Å². The Kier molecular flexibility index (Phi) is 4.63. The molecule has 3 aromatic rings. The molecule has 1 aromatic heterocycles. The van der Waals surface area contributed by atoms with Crippen molar-refractivity contribution in [2.24, 2.45) is 0 Å². The molecular weight excluding hydrogens is 381 g/mol. The second-order valence-electron chi connectivity index (χ2n) is 6.22. The van der Waals surface area contributed by atoms with Gasteiger partial charge in [-0.05, 0) is 36.2 Å². The van der Waals surface area contributed by atoms with Gasteiger partial charge in [-0.1, -0.05) is 41.0 Å². The van der Waals surface area contributed by atoms with Gasteiger partial charge in [0, 0.05) is 16.6 Å². The number of hydrazine groups is 1. The van der Waals surface area contributed by atoms with Crippen molar-refractivity contribution in [1.82, 2.24) is 21.0 Å². The molecule has 2 aromatic carbocycles. The monoisotopic (exact) mass is 394 g/mol. The molecule has 0 amide bonds. The van der Waals surface area contributed by atoms with Gasteiger partial charge >= 0.3 is 6.18 Å². The third-order valence-corrected chi connectivity index (χ3v) is 4.60. The SMILES string of the molecule is FC(F)(F)c1ccc(-c2noc(C3CC(c4cccc(Cl)c4)NN3)n2)cc1. The largest absolute Gasteiger partial charge is 0.416 e. The number of rotatable bonds is 3. The van der Waals surface area contributed by atoms with E-state index in [1.807, 2.05) is 18.2 Å². The second kappa shape index (κ2) is 6.95. The van der Waals surface area contributed by atoms with Crippen LogP contribution in [0.15, 0.2) is 53.1 Å². The minimum absolute atomic E-state index is 0.0233. The van der Waals surface area contributed by atoms with E-state index in [9.17, 15) is 13.2 Å². The summed E-state index contributed by atoms with van der Waals surface area (Å²) < 4.78 is 43.3. The molecule has 1 aliphatic rings. The van der Waals surface area contributed by atoms with E-state index < -0.39 is 11.7 Å². The van der Waals surface area contributed by atoms with Crippen LogP contribution in [0.2, 0.25) is 5.02 Å². The minimum atomic E-state index is -4.38. The molecule has 1 saturated heterocycles. The van der Waals surface area contributed by atoms with E-state index in [0.29, 0.717) is 22.9 Å². The summed E-state index contributed by atoms with van der Waals surface area (Å²) in [5.74, 6) is 0.605. The highest BCUT2D eigenvalue weighted by Crippen LogP contribution is 2.33. The molecule has 2 heterocycles. The van der Waals surface area contributed by atoms with Crippen LogP contribution in [-0.2, 0) is 6.18 Å². The summed E-state index contributed by atoms with van der Waals surface area (Å²) in [5.41, 5.74) is 7.02. The van der Waals surface area contributed by atoms with E-state index in [-0.39, 0.29) is 17.9 Å². The van der Waals surface area contributed by atoms with Crippen LogP contribution in [-0.4, -0.2) is 10.1 Å². The molecule has 2 unspecified atom stereocenters. The lowest BCUT2D eigenvalue weighted by Crippen LogP contribution is -2.26. The molecule has 27 heavy (non-hydrogen) atoms. The van der Waals surface area contributed by atoms with Crippen molar-refractivity contribution < 1.29 is 17.7 Å². The number of halogens is 4. The molecule has 5 nitrogen and oxygen atoms in total. The smallest absolute Gasteiger partial charge is 0.337 e. The van der Waals surface area contributed by atoms with Crippen LogP contribution < -0.4 is 10.9 Å². The minimum Gasteiger partial charge on any atom is -0.337 e. The predicted octanol–water partition coefficient (Wildman–Crippen LogP) is 4.69. The summed E-state index contributed by atoms with van der Waals surface area (Å²) in [6, 6.07) is 12.0. The first-order valence-electron chi connectivity index (χ1n) is 8.18. The molecule has 0 bridgehead atoms. The lowest BCUT2D eigenvalue weighted by Gasteiger charge is -2.09. The molecule has 2 N–H and O–H groups in total. The van der Waals surface area contributed by atoms with Gasteiger partial charge in [-0.3, -0.25) is 0 Å². The summed E-state index contributed by atoms with van der Waals surface area (Å²) in [6.07, 6.45) is -3.72. The predicted molar refractivity (Wildman–Crippen MR) is 92.6 cm³/mol. The zero-order chi connectivity index (χ0) is 19.0. The first-order chi connectivity index (χ1) is 12.9. The molecule has 0 spiro atoms. The molecule has 1 aliphatic heterocycles. The Labute approximate surface area is 157 Å². The Balaban J connectivity index is 1.48. The topological polar surface area (TPSA) is 63.0 Å². The van der Waals surface area contributed by atoms with Crippen molar-refractivity contribution in [2.75, 3.05) is 0 Å². The average Bonchev–Trinajstić information content (AvgIpc) is 3.31. The van der Waals surface area contributed by atoms with Crippen molar-refractivity contribution in [1.29, 1.82) is 0 Å². The normalized spacial score (nSPS) is 20.1. The summed E-state index contributed by atoms with van der Waals surface area (Å²) in [4.78, 5) is 4.31. The van der Waals surface area contributed by atoms with E-state index >= 15 is 0 Å². The molecule has 0 radical (unpaired) electrons. The average molecular weight is 395 g/mol. The molecular formula is C18H14ClF3N4O. The highest BCUT2D eigenvalue weighted by Gasteiger charge is 2.31. The van der Waals surface area contributed by atoms with E-state index in [4.69, 9.17) is 16.1 Å². The summed E-state index contributed by atoms with van der Waals surface area (Å²) >= 11 is 6.03. The standard InChI is InChI=1S/C18H14ClF3N4O/c19-13-3-1-2-11(8-13)14-9-15(25-24-14)17-23-16(26-27-17)10-4-6-12(7-5-10)18(20,21)22/h1-8,14-15,24-25H,9H2. The Hall–Kier alpha value is -2.42. The van der Waals surface area contributed by atoms with Gasteiger partial charge in [0.15, 0.2) is 0 Å². The summed E-state index contributed by atoms with van der Waals surface area (Å²) in [7, 11) is 0. The molecule has 1 fully saturated rings. The highest BCUT2D eigenvalue weighted by atomic mass is 35.5. The maximum absolute atomic E-state index is 12.7. The van der Waals surface area contributed by atoms with Crippen LogP contribution in [0, 0.1) is 0 Å². The van der Waals surface area contributed by atoms with Crippen LogP contribution in [0.25, 0.3) is 11.4 Å². The quantitative estimate of drug-likeness (QED) is 0.674. The fourth-order valence-corrected chi connectivity index (χ4v) is 3.16. The molecule has 0 saturated carbocycles. The van der Waals surface area contributed by atoms with Gasteiger partial charge in [0.2, 0.25) is 11.7 Å². The molecule has 2 atom stereocenters. The number of alkyl halides is 3. The van der Waals surface area contributed by atoms with Crippen LogP contribution in [0.1, 0.15) is 35.5 Å². The van der Waals surface area contributed by atoms with Gasteiger partial charge in [0.05, 0.1) is 5.56 Å². The van der Waals surface area contributed by atoms with Gasteiger partial charge in [0.1, 0.15) is 6.04 Å². The molecule has 4 rings (SSSR count). The van der Waals surface area contributed by atoms with Crippen molar-refractivity contribution in [2.45, 2.75) is 24.7 Å². The molecule has 9 heteroatoms. The van der Waals surface area contributed by atoms with Crippen LogP contribution in [0.3, 0.4) is 0 Å². The number of nitrogens with one attached hydrogen (secondary N) is 2. The fraction of sp³-hybridized carbons (Fsp3) is 0.222. The Morgan fingerprint density at radius 2 is 1.78 bits per heavy atom. The van der Waals surface area contributed by atoms with E-state index in [1.54, 1.807) is 6.07 Å². The third kappa shape index (κ3) is 3.83. The van der Waals surface area contributed by atoms with E-state index in [2.05, 4.69) is 21.0 Å². The first-order valence-corrected chi connectivity index (χ1v) is 8.56. The fourth-order valence-electron chi connectivity index (χ4n) is 2.96. The highest BCUT2D eigenvalue weighted by molar-refractivity contribution is 6.30. The number of hydrogen-bond acceptors (Lipinski definition) is 5. The number of hydrogen-bond donors (Lipinski definition) is 2.